The van der Waals surface area contributed by atoms with Crippen LogP contribution in [0.15, 0.2) is 89.3 Å². The molecule has 0 saturated carbocycles. The Hall–Kier alpha value is -3.78. The maximum atomic E-state index is 6.22. The van der Waals surface area contributed by atoms with E-state index in [1.807, 2.05) is 0 Å². The van der Waals surface area contributed by atoms with Gasteiger partial charge in [0, 0.05) is 33.1 Å². The first-order valence-corrected chi connectivity index (χ1v) is 9.53. The largest absolute Gasteiger partial charge is 0.456 e. The van der Waals surface area contributed by atoms with Gasteiger partial charge < -0.3 is 9.40 Å². The van der Waals surface area contributed by atoms with Gasteiger partial charge in [-0.2, -0.15) is 0 Å². The lowest BCUT2D eigenvalue weighted by Crippen LogP contribution is -1.73. The topological polar surface area (TPSA) is 28.9 Å². The van der Waals surface area contributed by atoms with Crippen molar-refractivity contribution in [3.63, 3.8) is 0 Å². The number of benzene rings is 5. The lowest BCUT2D eigenvalue weighted by molar-refractivity contribution is 0.670. The highest BCUT2D eigenvalue weighted by Gasteiger charge is 2.13. The molecule has 7 rings (SSSR count). The highest BCUT2D eigenvalue weighted by atomic mass is 16.3. The van der Waals surface area contributed by atoms with Crippen molar-refractivity contribution in [3.8, 4) is 0 Å². The lowest BCUT2D eigenvalue weighted by Gasteiger charge is -1.98. The minimum absolute atomic E-state index is 0.925. The van der Waals surface area contributed by atoms with Gasteiger partial charge in [-0.1, -0.05) is 48.5 Å². The number of nitrogens with one attached hydrogen (secondary N) is 1. The van der Waals surface area contributed by atoms with Crippen LogP contribution in [-0.4, -0.2) is 4.98 Å². The van der Waals surface area contributed by atoms with E-state index in [1.54, 1.807) is 0 Å². The first-order chi connectivity index (χ1) is 13.8. The van der Waals surface area contributed by atoms with Crippen molar-refractivity contribution < 1.29 is 4.42 Å². The molecule has 0 fully saturated rings. The van der Waals surface area contributed by atoms with Crippen molar-refractivity contribution in [3.05, 3.63) is 84.9 Å². The van der Waals surface area contributed by atoms with Crippen LogP contribution >= 0.6 is 0 Å². The number of hydrogen-bond acceptors (Lipinski definition) is 1. The fourth-order valence-electron chi connectivity index (χ4n) is 4.55. The Morgan fingerprint density at radius 2 is 0.964 bits per heavy atom. The molecule has 2 heterocycles. The molecule has 1 N–H and O–H groups in total. The van der Waals surface area contributed by atoms with E-state index in [0.717, 1.165) is 22.2 Å². The molecule has 2 aromatic heterocycles. The first kappa shape index (κ1) is 14.3. The SMILES string of the molecule is c1ccc2cc3c(cc2c1)[nH]c1cc2oc4cc5ccccc5cc4c2cc13. The number of furan rings is 1. The number of hydrogen-bond donors (Lipinski definition) is 1. The van der Waals surface area contributed by atoms with Crippen LogP contribution in [0.1, 0.15) is 0 Å². The molecule has 0 amide bonds. The summed E-state index contributed by atoms with van der Waals surface area (Å²) in [5, 5.41) is 9.79. The minimum Gasteiger partial charge on any atom is -0.456 e. The van der Waals surface area contributed by atoms with Crippen LogP contribution in [0.2, 0.25) is 0 Å². The zero-order valence-electron chi connectivity index (χ0n) is 15.0. The Labute approximate surface area is 160 Å². The number of rotatable bonds is 0. The van der Waals surface area contributed by atoms with Gasteiger partial charge in [0.2, 0.25) is 0 Å². The number of aromatic nitrogens is 1. The van der Waals surface area contributed by atoms with Crippen LogP contribution < -0.4 is 0 Å². The van der Waals surface area contributed by atoms with Crippen molar-refractivity contribution in [2.45, 2.75) is 0 Å². The molecule has 0 radical (unpaired) electrons. The summed E-state index contributed by atoms with van der Waals surface area (Å²) in [6.45, 7) is 0. The molecule has 0 atom stereocenters. The van der Waals surface area contributed by atoms with Crippen LogP contribution in [0.3, 0.4) is 0 Å². The Morgan fingerprint density at radius 3 is 1.71 bits per heavy atom. The predicted octanol–water partition coefficient (Wildman–Crippen LogP) is 7.53. The van der Waals surface area contributed by atoms with Crippen LogP contribution in [0.4, 0.5) is 0 Å². The summed E-state index contributed by atoms with van der Waals surface area (Å²) in [5.74, 6) is 0. The van der Waals surface area contributed by atoms with E-state index >= 15 is 0 Å². The van der Waals surface area contributed by atoms with Gasteiger partial charge in [-0.15, -0.1) is 0 Å². The van der Waals surface area contributed by atoms with Gasteiger partial charge in [-0.05, 0) is 51.9 Å². The Bertz CT molecular complexity index is 1590. The second-order valence-electron chi connectivity index (χ2n) is 7.56. The van der Waals surface area contributed by atoms with E-state index < -0.39 is 0 Å². The third-order valence-corrected chi connectivity index (χ3v) is 5.92. The predicted molar refractivity (Wildman–Crippen MR) is 118 cm³/mol. The Morgan fingerprint density at radius 1 is 0.464 bits per heavy atom. The summed E-state index contributed by atoms with van der Waals surface area (Å²) in [6, 6.07) is 30.3. The highest BCUT2D eigenvalue weighted by Crippen LogP contribution is 2.37. The lowest BCUT2D eigenvalue weighted by atomic mass is 10.0. The second kappa shape index (κ2) is 4.93. The molecule has 0 aliphatic carbocycles. The average molecular weight is 357 g/mol. The monoisotopic (exact) mass is 357 g/mol. The molecule has 0 bridgehead atoms. The van der Waals surface area contributed by atoms with Crippen LogP contribution in [0, 0.1) is 0 Å². The third kappa shape index (κ3) is 1.82. The van der Waals surface area contributed by atoms with E-state index in [2.05, 4.69) is 89.9 Å². The minimum atomic E-state index is 0.925. The highest BCUT2D eigenvalue weighted by molar-refractivity contribution is 6.19. The molecular formula is C26H15NO. The van der Waals surface area contributed by atoms with E-state index in [9.17, 15) is 0 Å². The molecular weight excluding hydrogens is 342 g/mol. The molecule has 0 aliphatic rings. The summed E-state index contributed by atoms with van der Waals surface area (Å²) in [6.07, 6.45) is 0. The molecule has 0 aliphatic heterocycles. The maximum absolute atomic E-state index is 6.22. The van der Waals surface area contributed by atoms with Crippen molar-refractivity contribution in [1.29, 1.82) is 0 Å². The molecule has 28 heavy (non-hydrogen) atoms. The van der Waals surface area contributed by atoms with Gasteiger partial charge in [-0.3, -0.25) is 0 Å². The van der Waals surface area contributed by atoms with Gasteiger partial charge in [0.1, 0.15) is 11.2 Å². The van der Waals surface area contributed by atoms with Gasteiger partial charge in [0.25, 0.3) is 0 Å². The summed E-state index contributed by atoms with van der Waals surface area (Å²) in [4.78, 5) is 3.58. The van der Waals surface area contributed by atoms with Crippen molar-refractivity contribution in [1.82, 2.24) is 4.98 Å². The molecule has 7 aromatic rings. The number of fused-ring (bicyclic) bond motifs is 8. The number of H-pyrrole nitrogens is 1. The smallest absolute Gasteiger partial charge is 0.137 e. The molecule has 0 saturated heterocycles. The molecule has 2 heteroatoms. The molecule has 0 unspecified atom stereocenters. The standard InChI is InChI=1S/C26H15NO/c1-3-7-17-11-23-19(9-15(17)5-1)20-13-22-21-10-16-6-2-4-8-18(16)12-25(21)28-26(22)14-24(20)27-23/h1-14,27H. The van der Waals surface area contributed by atoms with Crippen LogP contribution in [-0.2, 0) is 0 Å². The zero-order valence-corrected chi connectivity index (χ0v) is 15.0. The fourth-order valence-corrected chi connectivity index (χ4v) is 4.55. The average Bonchev–Trinajstić information content (AvgIpc) is 3.25. The van der Waals surface area contributed by atoms with Crippen molar-refractivity contribution >= 4 is 65.3 Å². The molecule has 5 aromatic carbocycles. The normalized spacial score (nSPS) is 12.3. The van der Waals surface area contributed by atoms with Crippen molar-refractivity contribution in [2.24, 2.45) is 0 Å². The summed E-state index contributed by atoms with van der Waals surface area (Å²) < 4.78 is 6.22. The van der Waals surface area contributed by atoms with E-state index in [0.29, 0.717) is 0 Å². The summed E-state index contributed by atoms with van der Waals surface area (Å²) >= 11 is 0. The van der Waals surface area contributed by atoms with E-state index in [-0.39, 0.29) is 0 Å². The Balaban J connectivity index is 1.64. The van der Waals surface area contributed by atoms with Gasteiger partial charge in [0.15, 0.2) is 0 Å². The van der Waals surface area contributed by atoms with E-state index in [1.165, 1.54) is 43.1 Å². The van der Waals surface area contributed by atoms with Gasteiger partial charge in [0.05, 0.1) is 5.52 Å². The molecule has 2 nitrogen and oxygen atoms in total. The second-order valence-corrected chi connectivity index (χ2v) is 7.56. The summed E-state index contributed by atoms with van der Waals surface area (Å²) in [5.41, 5.74) is 4.14. The quantitative estimate of drug-likeness (QED) is 0.299. The maximum Gasteiger partial charge on any atom is 0.137 e. The van der Waals surface area contributed by atoms with Gasteiger partial charge >= 0.3 is 0 Å². The van der Waals surface area contributed by atoms with Crippen molar-refractivity contribution in [2.75, 3.05) is 0 Å². The summed E-state index contributed by atoms with van der Waals surface area (Å²) in [7, 11) is 0. The van der Waals surface area contributed by atoms with Crippen LogP contribution in [0.5, 0.6) is 0 Å². The zero-order chi connectivity index (χ0) is 18.2. The first-order valence-electron chi connectivity index (χ1n) is 9.53. The van der Waals surface area contributed by atoms with Crippen LogP contribution in [0.25, 0.3) is 65.3 Å². The van der Waals surface area contributed by atoms with Gasteiger partial charge in [-0.25, -0.2) is 0 Å². The Kier molecular flexibility index (Phi) is 2.52. The molecule has 0 spiro atoms. The molecule has 130 valence electrons. The fraction of sp³-hybridized carbons (Fsp3) is 0. The third-order valence-electron chi connectivity index (χ3n) is 5.92. The number of aromatic amines is 1. The van der Waals surface area contributed by atoms with E-state index in [4.69, 9.17) is 4.42 Å².